The highest BCUT2D eigenvalue weighted by Crippen LogP contribution is 2.40. The summed E-state index contributed by atoms with van der Waals surface area (Å²) in [6.45, 7) is 1.51. The largest absolute Gasteiger partial charge is 0.452 e. The highest BCUT2D eigenvalue weighted by atomic mass is 16.5. The number of hydrogen-bond acceptors (Lipinski definition) is 5. The Bertz CT molecular complexity index is 742. The first-order valence-corrected chi connectivity index (χ1v) is 9.30. The molecule has 2 aliphatic rings. The Hall–Kier alpha value is -2.70. The third kappa shape index (κ3) is 4.35. The molecule has 2 amide bonds. The van der Waals surface area contributed by atoms with Crippen LogP contribution in [0.3, 0.4) is 0 Å². The lowest BCUT2D eigenvalue weighted by atomic mass is 9.67. The van der Waals surface area contributed by atoms with Crippen LogP contribution in [0.15, 0.2) is 24.3 Å². The molecule has 0 aliphatic heterocycles. The van der Waals surface area contributed by atoms with Gasteiger partial charge in [0.2, 0.25) is 5.91 Å². The predicted molar refractivity (Wildman–Crippen MR) is 97.7 cm³/mol. The summed E-state index contributed by atoms with van der Waals surface area (Å²) in [5.74, 6) is -1.52. The Morgan fingerprint density at radius 3 is 2.26 bits per heavy atom. The van der Waals surface area contributed by atoms with E-state index >= 15 is 0 Å². The molecule has 0 aromatic heterocycles. The summed E-state index contributed by atoms with van der Waals surface area (Å²) >= 11 is 0. The fourth-order valence-corrected chi connectivity index (χ4v) is 3.96. The average molecular weight is 372 g/mol. The molecule has 3 N–H and O–H groups in total. The first-order chi connectivity index (χ1) is 12.8. The molecule has 144 valence electrons. The number of rotatable bonds is 5. The van der Waals surface area contributed by atoms with Crippen molar-refractivity contribution in [2.75, 3.05) is 5.32 Å². The van der Waals surface area contributed by atoms with Crippen molar-refractivity contribution in [1.29, 1.82) is 0 Å². The quantitative estimate of drug-likeness (QED) is 0.768. The molecule has 1 unspecified atom stereocenters. The monoisotopic (exact) mass is 372 g/mol. The Labute approximate surface area is 157 Å². The van der Waals surface area contributed by atoms with Crippen molar-refractivity contribution in [2.24, 2.45) is 23.5 Å². The zero-order valence-corrected chi connectivity index (χ0v) is 15.3. The van der Waals surface area contributed by atoms with Gasteiger partial charge >= 0.3 is 5.97 Å². The Morgan fingerprint density at radius 2 is 1.70 bits per heavy atom. The SMILES string of the molecule is C[C@H](OC(=O)C1C[C@H]2CCC[C@@H](C1)C2=O)C(=O)Nc1ccc(C(N)=O)cc1. The molecule has 2 aliphatic carbocycles. The van der Waals surface area contributed by atoms with Crippen LogP contribution in [0.5, 0.6) is 0 Å². The van der Waals surface area contributed by atoms with Gasteiger partial charge in [-0.05, 0) is 56.9 Å². The van der Waals surface area contributed by atoms with E-state index in [9.17, 15) is 19.2 Å². The maximum Gasteiger partial charge on any atom is 0.309 e. The van der Waals surface area contributed by atoms with Gasteiger partial charge in [0, 0.05) is 23.1 Å². The van der Waals surface area contributed by atoms with E-state index in [4.69, 9.17) is 10.5 Å². The van der Waals surface area contributed by atoms with E-state index in [1.54, 1.807) is 12.1 Å². The molecule has 2 fully saturated rings. The summed E-state index contributed by atoms with van der Waals surface area (Å²) in [4.78, 5) is 47.9. The van der Waals surface area contributed by atoms with E-state index in [0.717, 1.165) is 19.3 Å². The molecule has 2 saturated carbocycles. The van der Waals surface area contributed by atoms with E-state index < -0.39 is 23.9 Å². The number of carbonyl (C=O) groups excluding carboxylic acids is 4. The number of amides is 2. The number of Topliss-reactive ketones (excluding diaryl/α,β-unsaturated/α-hetero) is 1. The van der Waals surface area contributed by atoms with Crippen LogP contribution in [0, 0.1) is 17.8 Å². The maximum absolute atomic E-state index is 12.5. The highest BCUT2D eigenvalue weighted by molar-refractivity contribution is 5.97. The Kier molecular flexibility index (Phi) is 5.58. The fourth-order valence-electron chi connectivity index (χ4n) is 3.96. The number of nitrogens with two attached hydrogens (primary N) is 1. The highest BCUT2D eigenvalue weighted by Gasteiger charge is 2.42. The lowest BCUT2D eigenvalue weighted by molar-refractivity contribution is -0.161. The number of carbonyl (C=O) groups is 4. The lowest BCUT2D eigenvalue weighted by Gasteiger charge is -2.36. The van der Waals surface area contributed by atoms with E-state index in [2.05, 4.69) is 5.32 Å². The molecule has 1 aromatic carbocycles. The zero-order chi connectivity index (χ0) is 19.6. The van der Waals surface area contributed by atoms with Crippen LogP contribution in [-0.2, 0) is 19.1 Å². The normalized spacial score (nSPS) is 25.4. The summed E-state index contributed by atoms with van der Waals surface area (Å²) in [5.41, 5.74) is 5.99. The number of hydrogen-bond donors (Lipinski definition) is 2. The van der Waals surface area contributed by atoms with Gasteiger partial charge in [-0.25, -0.2) is 0 Å². The second-order valence-electron chi connectivity index (χ2n) is 7.41. The summed E-state index contributed by atoms with van der Waals surface area (Å²) in [5, 5.41) is 2.64. The average Bonchev–Trinajstić information content (AvgIpc) is 2.61. The molecule has 0 radical (unpaired) electrons. The molecular weight excluding hydrogens is 348 g/mol. The van der Waals surface area contributed by atoms with Crippen LogP contribution >= 0.6 is 0 Å². The molecular formula is C20H24N2O5. The van der Waals surface area contributed by atoms with E-state index in [-0.39, 0.29) is 23.5 Å². The molecule has 7 heteroatoms. The van der Waals surface area contributed by atoms with E-state index in [0.29, 0.717) is 24.1 Å². The molecule has 0 heterocycles. The third-order valence-corrected chi connectivity index (χ3v) is 5.48. The number of benzene rings is 1. The van der Waals surface area contributed by atoms with E-state index in [1.807, 2.05) is 0 Å². The molecule has 0 spiro atoms. The van der Waals surface area contributed by atoms with Crippen LogP contribution in [0.25, 0.3) is 0 Å². The predicted octanol–water partition coefficient (Wildman–Crippen LogP) is 2.05. The smallest absolute Gasteiger partial charge is 0.309 e. The van der Waals surface area contributed by atoms with Gasteiger partial charge in [-0.2, -0.15) is 0 Å². The number of nitrogens with one attached hydrogen (secondary N) is 1. The molecule has 2 bridgehead atoms. The van der Waals surface area contributed by atoms with Crippen LogP contribution in [0.1, 0.15) is 49.4 Å². The van der Waals surface area contributed by atoms with Crippen LogP contribution in [0.2, 0.25) is 0 Å². The molecule has 27 heavy (non-hydrogen) atoms. The molecule has 0 saturated heterocycles. The number of anilines is 1. The van der Waals surface area contributed by atoms with Crippen molar-refractivity contribution in [2.45, 2.75) is 45.1 Å². The van der Waals surface area contributed by atoms with Crippen LogP contribution in [-0.4, -0.2) is 29.7 Å². The number of fused-ring (bicyclic) bond motifs is 2. The minimum atomic E-state index is -0.953. The van der Waals surface area contributed by atoms with Gasteiger partial charge in [-0.3, -0.25) is 19.2 Å². The molecule has 3 rings (SSSR count). The van der Waals surface area contributed by atoms with Gasteiger partial charge in [0.25, 0.3) is 5.91 Å². The number of primary amides is 1. The number of ether oxygens (including phenoxy) is 1. The van der Waals surface area contributed by atoms with Crippen molar-refractivity contribution >= 4 is 29.3 Å². The second kappa shape index (κ2) is 7.90. The summed E-state index contributed by atoms with van der Waals surface area (Å²) in [7, 11) is 0. The maximum atomic E-state index is 12.5. The number of ketones is 1. The minimum absolute atomic E-state index is 0.0389. The van der Waals surface area contributed by atoms with Crippen molar-refractivity contribution in [3.05, 3.63) is 29.8 Å². The fraction of sp³-hybridized carbons (Fsp3) is 0.500. The van der Waals surface area contributed by atoms with E-state index in [1.165, 1.54) is 19.1 Å². The van der Waals surface area contributed by atoms with Crippen LogP contribution in [0.4, 0.5) is 5.69 Å². The molecule has 4 atom stereocenters. The van der Waals surface area contributed by atoms with Crippen LogP contribution < -0.4 is 11.1 Å². The van der Waals surface area contributed by atoms with Crippen molar-refractivity contribution in [3.8, 4) is 0 Å². The van der Waals surface area contributed by atoms with Crippen molar-refractivity contribution < 1.29 is 23.9 Å². The third-order valence-electron chi connectivity index (χ3n) is 5.48. The van der Waals surface area contributed by atoms with Gasteiger partial charge < -0.3 is 15.8 Å². The topological polar surface area (TPSA) is 116 Å². The Balaban J connectivity index is 1.54. The first-order valence-electron chi connectivity index (χ1n) is 9.30. The minimum Gasteiger partial charge on any atom is -0.452 e. The van der Waals surface area contributed by atoms with Gasteiger partial charge in [0.15, 0.2) is 6.10 Å². The standard InChI is InChI=1S/C20H24N2O5/c1-11(19(25)22-16-7-5-12(6-8-16)18(21)24)27-20(26)15-9-13-3-2-4-14(10-15)17(13)23/h5-8,11,13-15H,2-4,9-10H2,1H3,(H2,21,24)(H,22,25)/t11-,13-,14+,15?/m0/s1. The lowest BCUT2D eigenvalue weighted by Crippen LogP contribution is -2.41. The van der Waals surface area contributed by atoms with Gasteiger partial charge in [0.1, 0.15) is 5.78 Å². The summed E-state index contributed by atoms with van der Waals surface area (Å²) < 4.78 is 5.35. The summed E-state index contributed by atoms with van der Waals surface area (Å²) in [6, 6.07) is 6.12. The second-order valence-corrected chi connectivity index (χ2v) is 7.41. The van der Waals surface area contributed by atoms with Gasteiger partial charge in [-0.15, -0.1) is 0 Å². The van der Waals surface area contributed by atoms with Crippen molar-refractivity contribution in [3.63, 3.8) is 0 Å². The van der Waals surface area contributed by atoms with Crippen molar-refractivity contribution in [1.82, 2.24) is 0 Å². The summed E-state index contributed by atoms with van der Waals surface area (Å²) in [6.07, 6.45) is 2.82. The molecule has 7 nitrogen and oxygen atoms in total. The molecule has 1 aromatic rings. The number of esters is 1. The van der Waals surface area contributed by atoms with Gasteiger partial charge in [0.05, 0.1) is 5.92 Å². The zero-order valence-electron chi connectivity index (χ0n) is 15.3. The first kappa shape index (κ1) is 19.1. The Morgan fingerprint density at radius 1 is 1.11 bits per heavy atom. The van der Waals surface area contributed by atoms with Gasteiger partial charge in [-0.1, -0.05) is 6.42 Å².